The third-order valence-corrected chi connectivity index (χ3v) is 5.18. The van der Waals surface area contributed by atoms with Gasteiger partial charge in [0.2, 0.25) is 0 Å². The largest absolute Gasteiger partial charge is 0.493 e. The lowest BCUT2D eigenvalue weighted by Crippen LogP contribution is -1.99. The van der Waals surface area contributed by atoms with Gasteiger partial charge in [-0.25, -0.2) is 0 Å². The minimum Gasteiger partial charge on any atom is -0.493 e. The molecule has 0 aliphatic rings. The van der Waals surface area contributed by atoms with Crippen LogP contribution in [0.5, 0.6) is 11.5 Å². The van der Waals surface area contributed by atoms with Gasteiger partial charge in [0.05, 0.1) is 23.2 Å². The molecule has 146 valence electrons. The van der Waals surface area contributed by atoms with Gasteiger partial charge in [-0.05, 0) is 69.9 Å². The summed E-state index contributed by atoms with van der Waals surface area (Å²) >= 11 is 9.49. The van der Waals surface area contributed by atoms with E-state index in [0.29, 0.717) is 28.7 Å². The fourth-order valence-electron chi connectivity index (χ4n) is 2.78. The maximum absolute atomic E-state index is 9.59. The van der Waals surface area contributed by atoms with Crippen LogP contribution in [0.25, 0.3) is 11.6 Å². The molecule has 0 spiro atoms. The SMILES string of the molecule is COc1cc(/C=C(/C#N)c2ccc(C)cc2)cc(Br)c1OCc1ccc(Cl)cc1. The van der Waals surface area contributed by atoms with E-state index in [1.165, 1.54) is 0 Å². The second-order valence-corrected chi connectivity index (χ2v) is 7.78. The Labute approximate surface area is 184 Å². The summed E-state index contributed by atoms with van der Waals surface area (Å²) in [6.45, 7) is 2.40. The first-order valence-electron chi connectivity index (χ1n) is 8.94. The number of methoxy groups -OCH3 is 1. The van der Waals surface area contributed by atoms with Crippen molar-refractivity contribution in [3.8, 4) is 17.6 Å². The normalized spacial score (nSPS) is 11.1. The van der Waals surface area contributed by atoms with E-state index in [1.807, 2.05) is 73.7 Å². The summed E-state index contributed by atoms with van der Waals surface area (Å²) < 4.78 is 12.2. The van der Waals surface area contributed by atoms with Crippen LogP contribution in [0.4, 0.5) is 0 Å². The Bertz CT molecular complexity index is 1070. The average molecular weight is 469 g/mol. The Balaban J connectivity index is 1.88. The first kappa shape index (κ1) is 21.0. The first-order chi connectivity index (χ1) is 14.0. The van der Waals surface area contributed by atoms with Crippen molar-refractivity contribution in [2.45, 2.75) is 13.5 Å². The zero-order chi connectivity index (χ0) is 20.8. The molecule has 0 saturated heterocycles. The molecular weight excluding hydrogens is 450 g/mol. The number of nitriles is 1. The van der Waals surface area contributed by atoms with Gasteiger partial charge < -0.3 is 9.47 Å². The van der Waals surface area contributed by atoms with Gasteiger partial charge in [-0.2, -0.15) is 5.26 Å². The zero-order valence-corrected chi connectivity index (χ0v) is 18.4. The highest BCUT2D eigenvalue weighted by Crippen LogP contribution is 2.38. The van der Waals surface area contributed by atoms with E-state index in [1.54, 1.807) is 7.11 Å². The Morgan fingerprint density at radius 2 is 1.79 bits per heavy atom. The van der Waals surface area contributed by atoms with Gasteiger partial charge in [-0.1, -0.05) is 53.6 Å². The second-order valence-electron chi connectivity index (χ2n) is 6.49. The van der Waals surface area contributed by atoms with Gasteiger partial charge in [0.1, 0.15) is 6.61 Å². The molecule has 3 rings (SSSR count). The number of nitrogens with zero attached hydrogens (tertiary/aromatic N) is 1. The first-order valence-corrected chi connectivity index (χ1v) is 10.1. The summed E-state index contributed by atoms with van der Waals surface area (Å²) in [6, 6.07) is 21.4. The molecule has 29 heavy (non-hydrogen) atoms. The zero-order valence-electron chi connectivity index (χ0n) is 16.1. The highest BCUT2D eigenvalue weighted by atomic mass is 79.9. The van der Waals surface area contributed by atoms with Gasteiger partial charge in [-0.15, -0.1) is 0 Å². The lowest BCUT2D eigenvalue weighted by molar-refractivity contribution is 0.282. The van der Waals surface area contributed by atoms with Crippen LogP contribution in [0.1, 0.15) is 22.3 Å². The highest BCUT2D eigenvalue weighted by molar-refractivity contribution is 9.10. The summed E-state index contributed by atoms with van der Waals surface area (Å²) in [7, 11) is 1.59. The molecule has 3 aromatic carbocycles. The molecule has 3 nitrogen and oxygen atoms in total. The predicted octanol–water partition coefficient (Wildman–Crippen LogP) is 7.06. The Hall–Kier alpha value is -2.74. The number of hydrogen-bond donors (Lipinski definition) is 0. The lowest BCUT2D eigenvalue weighted by Gasteiger charge is -2.14. The van der Waals surface area contributed by atoms with E-state index >= 15 is 0 Å². The average Bonchev–Trinajstić information content (AvgIpc) is 2.72. The molecule has 0 fully saturated rings. The monoisotopic (exact) mass is 467 g/mol. The van der Waals surface area contributed by atoms with E-state index in [9.17, 15) is 5.26 Å². The number of ether oxygens (including phenoxy) is 2. The number of benzene rings is 3. The second kappa shape index (κ2) is 9.65. The third-order valence-electron chi connectivity index (χ3n) is 4.34. The molecule has 0 heterocycles. The molecule has 3 aromatic rings. The van der Waals surface area contributed by atoms with E-state index < -0.39 is 0 Å². The summed E-state index contributed by atoms with van der Waals surface area (Å²) in [5.74, 6) is 1.19. The molecule has 0 aliphatic heterocycles. The van der Waals surface area contributed by atoms with E-state index in [4.69, 9.17) is 21.1 Å². The van der Waals surface area contributed by atoms with Crippen LogP contribution in [0.15, 0.2) is 65.1 Å². The van der Waals surface area contributed by atoms with Crippen LogP contribution in [0.3, 0.4) is 0 Å². The van der Waals surface area contributed by atoms with Gasteiger partial charge in [0, 0.05) is 5.02 Å². The number of allylic oxidation sites excluding steroid dienone is 1. The summed E-state index contributed by atoms with van der Waals surface area (Å²) in [5.41, 5.74) is 4.44. The minimum absolute atomic E-state index is 0.383. The van der Waals surface area contributed by atoms with E-state index in [-0.39, 0.29) is 0 Å². The maximum Gasteiger partial charge on any atom is 0.175 e. The summed E-state index contributed by atoms with van der Waals surface area (Å²) in [4.78, 5) is 0. The highest BCUT2D eigenvalue weighted by Gasteiger charge is 2.12. The van der Waals surface area contributed by atoms with Crippen LogP contribution in [0.2, 0.25) is 5.02 Å². The molecule has 0 radical (unpaired) electrons. The molecule has 0 N–H and O–H groups in total. The van der Waals surface area contributed by atoms with Crippen molar-refractivity contribution in [3.05, 3.63) is 92.4 Å². The Morgan fingerprint density at radius 3 is 2.41 bits per heavy atom. The Morgan fingerprint density at radius 1 is 1.10 bits per heavy atom. The number of hydrogen-bond acceptors (Lipinski definition) is 3. The molecule has 0 aromatic heterocycles. The maximum atomic E-state index is 9.59. The van der Waals surface area contributed by atoms with Crippen molar-refractivity contribution < 1.29 is 9.47 Å². The molecule has 0 bridgehead atoms. The van der Waals surface area contributed by atoms with E-state index in [0.717, 1.165) is 26.7 Å². The molecule has 0 aliphatic carbocycles. The van der Waals surface area contributed by atoms with Crippen molar-refractivity contribution >= 4 is 39.2 Å². The lowest BCUT2D eigenvalue weighted by atomic mass is 10.0. The molecule has 5 heteroatoms. The van der Waals surface area contributed by atoms with Crippen molar-refractivity contribution in [2.24, 2.45) is 0 Å². The standard InChI is InChI=1S/C24H19BrClNO2/c1-16-3-7-19(8-4-16)20(14-27)11-18-12-22(25)24(23(13-18)28-2)29-15-17-5-9-21(26)10-6-17/h3-13H,15H2,1-2H3/b20-11-. The fraction of sp³-hybridized carbons (Fsp3) is 0.125. The van der Waals surface area contributed by atoms with Crippen molar-refractivity contribution in [3.63, 3.8) is 0 Å². The van der Waals surface area contributed by atoms with Crippen LogP contribution < -0.4 is 9.47 Å². The third kappa shape index (κ3) is 5.41. The summed E-state index contributed by atoms with van der Waals surface area (Å²) in [5, 5.41) is 10.3. The van der Waals surface area contributed by atoms with Gasteiger partial charge in [0.25, 0.3) is 0 Å². The predicted molar refractivity (Wildman–Crippen MR) is 121 cm³/mol. The molecule has 0 atom stereocenters. The van der Waals surface area contributed by atoms with Crippen molar-refractivity contribution in [1.82, 2.24) is 0 Å². The van der Waals surface area contributed by atoms with Crippen molar-refractivity contribution in [1.29, 1.82) is 5.26 Å². The van der Waals surface area contributed by atoms with Gasteiger partial charge >= 0.3 is 0 Å². The molecule has 0 saturated carbocycles. The van der Waals surface area contributed by atoms with Gasteiger partial charge in [0.15, 0.2) is 11.5 Å². The molecule has 0 amide bonds. The molecule has 0 unspecified atom stereocenters. The number of halogens is 2. The quantitative estimate of drug-likeness (QED) is 0.287. The van der Waals surface area contributed by atoms with Crippen LogP contribution in [-0.2, 0) is 6.61 Å². The van der Waals surface area contributed by atoms with Crippen LogP contribution in [-0.4, -0.2) is 7.11 Å². The van der Waals surface area contributed by atoms with Crippen molar-refractivity contribution in [2.75, 3.05) is 7.11 Å². The number of aryl methyl sites for hydroxylation is 1. The fourth-order valence-corrected chi connectivity index (χ4v) is 3.48. The molecular formula is C24H19BrClNO2. The summed E-state index contributed by atoms with van der Waals surface area (Å²) in [6.07, 6.45) is 1.83. The smallest absolute Gasteiger partial charge is 0.175 e. The van der Waals surface area contributed by atoms with Gasteiger partial charge in [-0.3, -0.25) is 0 Å². The topological polar surface area (TPSA) is 42.2 Å². The Kier molecular flexibility index (Phi) is 6.98. The van der Waals surface area contributed by atoms with Crippen LogP contribution >= 0.6 is 27.5 Å². The minimum atomic E-state index is 0.383. The van der Waals surface area contributed by atoms with Crippen LogP contribution in [0, 0.1) is 18.3 Å². The number of rotatable bonds is 6. The van der Waals surface area contributed by atoms with E-state index in [2.05, 4.69) is 22.0 Å².